The Morgan fingerprint density at radius 3 is 2.56 bits per heavy atom. The topological polar surface area (TPSA) is 80.5 Å². The SMILES string of the molecule is Cc1ccc(-c2nc(CC(=O)N(C)C3CCS(=O)(=O)C3)c(C)o2)cc1. The van der Waals surface area contributed by atoms with Gasteiger partial charge in [0.15, 0.2) is 9.84 Å². The fraction of sp³-hybridized carbons (Fsp3) is 0.444. The number of hydrogen-bond donors (Lipinski definition) is 0. The normalized spacial score (nSPS) is 19.1. The maximum absolute atomic E-state index is 12.5. The molecule has 3 rings (SSSR count). The summed E-state index contributed by atoms with van der Waals surface area (Å²) in [6, 6.07) is 7.58. The largest absolute Gasteiger partial charge is 0.441 e. The zero-order chi connectivity index (χ0) is 18.2. The van der Waals surface area contributed by atoms with Crippen molar-refractivity contribution in [1.29, 1.82) is 0 Å². The number of carbonyl (C=O) groups excluding carboxylic acids is 1. The molecule has 1 aromatic carbocycles. The van der Waals surface area contributed by atoms with Crippen molar-refractivity contribution in [3.8, 4) is 11.5 Å². The first-order valence-corrected chi connectivity index (χ1v) is 10.1. The summed E-state index contributed by atoms with van der Waals surface area (Å²) in [7, 11) is -1.36. The van der Waals surface area contributed by atoms with E-state index in [1.807, 2.05) is 31.2 Å². The van der Waals surface area contributed by atoms with Gasteiger partial charge in [-0.25, -0.2) is 13.4 Å². The van der Waals surface area contributed by atoms with Crippen molar-refractivity contribution in [1.82, 2.24) is 9.88 Å². The van der Waals surface area contributed by atoms with Crippen LogP contribution in [-0.4, -0.2) is 48.8 Å². The summed E-state index contributed by atoms with van der Waals surface area (Å²) in [4.78, 5) is 18.5. The molecule has 1 aliphatic rings. The molecule has 134 valence electrons. The van der Waals surface area contributed by atoms with Crippen LogP contribution in [0.25, 0.3) is 11.5 Å². The molecule has 2 aromatic rings. The minimum absolute atomic E-state index is 0.0433. The molecule has 1 fully saturated rings. The summed E-state index contributed by atoms with van der Waals surface area (Å²) in [5, 5.41) is 0. The quantitative estimate of drug-likeness (QED) is 0.832. The summed E-state index contributed by atoms with van der Waals surface area (Å²) in [6.45, 7) is 3.79. The maximum atomic E-state index is 12.5. The third-order valence-corrected chi connectivity index (χ3v) is 6.41. The van der Waals surface area contributed by atoms with Crippen LogP contribution in [0.1, 0.15) is 23.4 Å². The first kappa shape index (κ1) is 17.7. The number of benzene rings is 1. The van der Waals surface area contributed by atoms with Crippen LogP contribution in [0.5, 0.6) is 0 Å². The summed E-state index contributed by atoms with van der Waals surface area (Å²) >= 11 is 0. The van der Waals surface area contributed by atoms with E-state index in [4.69, 9.17) is 4.42 Å². The predicted octanol–water partition coefficient (Wildman–Crippen LogP) is 2.15. The monoisotopic (exact) mass is 362 g/mol. The highest BCUT2D eigenvalue weighted by atomic mass is 32.2. The molecular formula is C18H22N2O4S. The molecule has 1 saturated heterocycles. The third kappa shape index (κ3) is 3.92. The Hall–Kier alpha value is -2.15. The predicted molar refractivity (Wildman–Crippen MR) is 94.9 cm³/mol. The van der Waals surface area contributed by atoms with Gasteiger partial charge in [-0.1, -0.05) is 17.7 Å². The van der Waals surface area contributed by atoms with Crippen LogP contribution in [0.15, 0.2) is 28.7 Å². The molecule has 0 saturated carbocycles. The van der Waals surface area contributed by atoms with E-state index in [1.165, 1.54) is 4.90 Å². The van der Waals surface area contributed by atoms with Crippen LogP contribution >= 0.6 is 0 Å². The van der Waals surface area contributed by atoms with E-state index < -0.39 is 9.84 Å². The Morgan fingerprint density at radius 2 is 1.96 bits per heavy atom. The van der Waals surface area contributed by atoms with Crippen LogP contribution < -0.4 is 0 Å². The first-order valence-electron chi connectivity index (χ1n) is 8.24. The molecule has 25 heavy (non-hydrogen) atoms. The Kier molecular flexibility index (Phi) is 4.69. The number of aromatic nitrogens is 1. The molecule has 1 aliphatic heterocycles. The Morgan fingerprint density at radius 1 is 1.28 bits per heavy atom. The molecule has 1 atom stereocenters. The molecule has 1 amide bonds. The van der Waals surface area contributed by atoms with Crippen molar-refractivity contribution in [3.63, 3.8) is 0 Å². The fourth-order valence-electron chi connectivity index (χ4n) is 2.96. The van der Waals surface area contributed by atoms with Gasteiger partial charge >= 0.3 is 0 Å². The number of likely N-dealkylation sites (N-methyl/N-ethyl adjacent to an activating group) is 1. The van der Waals surface area contributed by atoms with Crippen molar-refractivity contribution in [3.05, 3.63) is 41.3 Å². The lowest BCUT2D eigenvalue weighted by molar-refractivity contribution is -0.130. The highest BCUT2D eigenvalue weighted by Crippen LogP contribution is 2.23. The summed E-state index contributed by atoms with van der Waals surface area (Å²) in [5.41, 5.74) is 2.60. The molecule has 0 bridgehead atoms. The minimum atomic E-state index is -3.02. The Bertz CT molecular complexity index is 884. The van der Waals surface area contributed by atoms with Crippen molar-refractivity contribution < 1.29 is 17.6 Å². The average molecular weight is 362 g/mol. The number of sulfone groups is 1. The van der Waals surface area contributed by atoms with Crippen LogP contribution in [0.4, 0.5) is 0 Å². The van der Waals surface area contributed by atoms with Gasteiger partial charge in [-0.05, 0) is 32.4 Å². The number of nitrogens with zero attached hydrogens (tertiary/aromatic N) is 2. The highest BCUT2D eigenvalue weighted by molar-refractivity contribution is 7.91. The molecular weight excluding hydrogens is 340 g/mol. The number of amides is 1. The van der Waals surface area contributed by atoms with Gasteiger partial charge in [-0.3, -0.25) is 4.79 Å². The first-order chi connectivity index (χ1) is 11.7. The Labute approximate surface area is 147 Å². The van der Waals surface area contributed by atoms with Crippen molar-refractivity contribution >= 4 is 15.7 Å². The lowest BCUT2D eigenvalue weighted by Gasteiger charge is -2.23. The molecule has 0 aliphatic carbocycles. The summed E-state index contributed by atoms with van der Waals surface area (Å²) in [6.07, 6.45) is 0.602. The van der Waals surface area contributed by atoms with E-state index in [0.29, 0.717) is 23.8 Å². The molecule has 0 radical (unpaired) electrons. The van der Waals surface area contributed by atoms with Gasteiger partial charge in [-0.15, -0.1) is 0 Å². The van der Waals surface area contributed by atoms with E-state index in [2.05, 4.69) is 4.98 Å². The van der Waals surface area contributed by atoms with Gasteiger partial charge in [0, 0.05) is 18.7 Å². The third-order valence-electron chi connectivity index (χ3n) is 4.66. The van der Waals surface area contributed by atoms with Gasteiger partial charge in [0.2, 0.25) is 11.8 Å². The lowest BCUT2D eigenvalue weighted by atomic mass is 10.1. The van der Waals surface area contributed by atoms with Crippen molar-refractivity contribution in [2.24, 2.45) is 0 Å². The second kappa shape index (κ2) is 6.63. The highest BCUT2D eigenvalue weighted by Gasteiger charge is 2.33. The number of carbonyl (C=O) groups is 1. The fourth-order valence-corrected chi connectivity index (χ4v) is 4.74. The number of hydrogen-bond acceptors (Lipinski definition) is 5. The van der Waals surface area contributed by atoms with Crippen LogP contribution in [0.3, 0.4) is 0 Å². The van der Waals surface area contributed by atoms with Crippen LogP contribution in [0.2, 0.25) is 0 Å². The van der Waals surface area contributed by atoms with E-state index in [-0.39, 0.29) is 29.9 Å². The minimum Gasteiger partial charge on any atom is -0.441 e. The second-order valence-electron chi connectivity index (χ2n) is 6.63. The standard InChI is InChI=1S/C18H22N2O4S/c1-12-4-6-14(7-5-12)18-19-16(13(2)24-18)10-17(21)20(3)15-8-9-25(22,23)11-15/h4-7,15H,8-11H2,1-3H3. The van der Waals surface area contributed by atoms with Crippen LogP contribution in [-0.2, 0) is 21.1 Å². The van der Waals surface area contributed by atoms with Crippen LogP contribution in [0, 0.1) is 13.8 Å². The second-order valence-corrected chi connectivity index (χ2v) is 8.85. The molecule has 1 aromatic heterocycles. The van der Waals surface area contributed by atoms with E-state index in [1.54, 1.807) is 14.0 Å². The zero-order valence-corrected chi connectivity index (χ0v) is 15.5. The average Bonchev–Trinajstić information content (AvgIpc) is 3.10. The molecule has 1 unspecified atom stereocenters. The summed E-state index contributed by atoms with van der Waals surface area (Å²) in [5.74, 6) is 1.15. The number of rotatable bonds is 4. The van der Waals surface area contributed by atoms with E-state index in [0.717, 1.165) is 11.1 Å². The molecule has 6 nitrogen and oxygen atoms in total. The van der Waals surface area contributed by atoms with Gasteiger partial charge in [0.05, 0.1) is 23.6 Å². The van der Waals surface area contributed by atoms with Gasteiger partial charge in [0.1, 0.15) is 5.76 Å². The molecule has 2 heterocycles. The van der Waals surface area contributed by atoms with E-state index >= 15 is 0 Å². The number of aryl methyl sites for hydroxylation is 2. The Balaban J connectivity index is 1.72. The van der Waals surface area contributed by atoms with E-state index in [9.17, 15) is 13.2 Å². The molecule has 0 N–H and O–H groups in total. The van der Waals surface area contributed by atoms with Crippen molar-refractivity contribution in [2.75, 3.05) is 18.6 Å². The smallest absolute Gasteiger partial charge is 0.228 e. The summed E-state index contributed by atoms with van der Waals surface area (Å²) < 4.78 is 28.9. The van der Waals surface area contributed by atoms with Crippen molar-refractivity contribution in [2.45, 2.75) is 32.7 Å². The van der Waals surface area contributed by atoms with Gasteiger partial charge in [-0.2, -0.15) is 0 Å². The zero-order valence-electron chi connectivity index (χ0n) is 14.7. The van der Waals surface area contributed by atoms with Gasteiger partial charge in [0.25, 0.3) is 0 Å². The number of oxazole rings is 1. The molecule has 0 spiro atoms. The molecule has 7 heteroatoms. The lowest BCUT2D eigenvalue weighted by Crippen LogP contribution is -2.38. The maximum Gasteiger partial charge on any atom is 0.228 e. The van der Waals surface area contributed by atoms with Gasteiger partial charge < -0.3 is 9.32 Å².